The van der Waals surface area contributed by atoms with Crippen LogP contribution in [-0.2, 0) is 14.4 Å². The zero-order chi connectivity index (χ0) is 19.1. The number of benzene rings is 1. The maximum atomic E-state index is 14.0. The average Bonchev–Trinajstić information content (AvgIpc) is 2.96. The number of carboxylic acids is 1. The molecule has 2 aliphatic heterocycles. The molecule has 2 aliphatic rings. The summed E-state index contributed by atoms with van der Waals surface area (Å²) in [4.78, 5) is 39.1. The van der Waals surface area contributed by atoms with Crippen molar-refractivity contribution >= 4 is 23.5 Å². The first-order valence-corrected chi connectivity index (χ1v) is 8.49. The van der Waals surface area contributed by atoms with Crippen molar-refractivity contribution in [3.63, 3.8) is 0 Å². The van der Waals surface area contributed by atoms with Crippen molar-refractivity contribution in [2.75, 3.05) is 24.5 Å². The van der Waals surface area contributed by atoms with Gasteiger partial charge in [-0.2, -0.15) is 0 Å². The summed E-state index contributed by atoms with van der Waals surface area (Å²) in [5, 5.41) is 9.38. The Hall–Kier alpha value is -2.51. The number of amides is 2. The van der Waals surface area contributed by atoms with Gasteiger partial charge in [0.2, 0.25) is 11.8 Å². The molecular formula is C18H20F2N2O4. The number of rotatable bonds is 3. The fourth-order valence-electron chi connectivity index (χ4n) is 3.67. The summed E-state index contributed by atoms with van der Waals surface area (Å²) in [6.07, 6.45) is 0.990. The second kappa shape index (κ2) is 6.66. The molecule has 3 rings (SSSR count). The van der Waals surface area contributed by atoms with Crippen molar-refractivity contribution in [3.05, 3.63) is 29.8 Å². The second-order valence-corrected chi connectivity index (χ2v) is 7.23. The first-order chi connectivity index (χ1) is 12.2. The second-order valence-electron chi connectivity index (χ2n) is 7.23. The minimum Gasteiger partial charge on any atom is -0.481 e. The number of carboxylic acid groups (broad SMARTS) is 1. The van der Waals surface area contributed by atoms with Crippen molar-refractivity contribution in [2.45, 2.75) is 26.2 Å². The van der Waals surface area contributed by atoms with Gasteiger partial charge in [-0.3, -0.25) is 14.4 Å². The van der Waals surface area contributed by atoms with Gasteiger partial charge in [0.05, 0.1) is 17.0 Å². The standard InChI is InChI=1S/C18H20F2N2O4/c1-18(17(25)26)5-2-6-21(10-18)16(24)11-7-15(23)22(9-11)14-4-3-12(19)8-13(14)20/h3-4,8,11H,2,5-7,9-10H2,1H3,(H,25,26). The van der Waals surface area contributed by atoms with E-state index in [-0.39, 0.29) is 31.1 Å². The lowest BCUT2D eigenvalue weighted by Gasteiger charge is -2.38. The Morgan fingerprint density at radius 1 is 1.31 bits per heavy atom. The Morgan fingerprint density at radius 2 is 2.04 bits per heavy atom. The monoisotopic (exact) mass is 366 g/mol. The molecule has 0 aromatic heterocycles. The number of carbonyl (C=O) groups is 3. The van der Waals surface area contributed by atoms with Crippen LogP contribution in [0.4, 0.5) is 14.5 Å². The van der Waals surface area contributed by atoms with Crippen LogP contribution in [0.25, 0.3) is 0 Å². The lowest BCUT2D eigenvalue weighted by atomic mass is 9.81. The maximum absolute atomic E-state index is 14.0. The van der Waals surface area contributed by atoms with Gasteiger partial charge >= 0.3 is 5.97 Å². The molecule has 2 atom stereocenters. The molecular weight excluding hydrogens is 346 g/mol. The normalized spacial score (nSPS) is 26.3. The van der Waals surface area contributed by atoms with Gasteiger partial charge in [0.15, 0.2) is 0 Å². The van der Waals surface area contributed by atoms with Gasteiger partial charge in [0, 0.05) is 32.1 Å². The number of anilines is 1. The summed E-state index contributed by atoms with van der Waals surface area (Å²) < 4.78 is 27.0. The molecule has 0 saturated carbocycles. The fraction of sp³-hybridized carbons (Fsp3) is 0.500. The molecule has 0 radical (unpaired) electrons. The van der Waals surface area contributed by atoms with Gasteiger partial charge in [-0.05, 0) is 31.9 Å². The summed E-state index contributed by atoms with van der Waals surface area (Å²) in [5.74, 6) is -3.92. The third kappa shape index (κ3) is 3.27. The van der Waals surface area contributed by atoms with Crippen LogP contribution in [0.1, 0.15) is 26.2 Å². The molecule has 1 aromatic carbocycles. The van der Waals surface area contributed by atoms with Crippen LogP contribution < -0.4 is 4.90 Å². The van der Waals surface area contributed by atoms with Crippen LogP contribution >= 0.6 is 0 Å². The Bertz CT molecular complexity index is 770. The Kier molecular flexibility index (Phi) is 4.68. The minimum atomic E-state index is -1.00. The Morgan fingerprint density at radius 3 is 2.69 bits per heavy atom. The highest BCUT2D eigenvalue weighted by molar-refractivity contribution is 6.00. The summed E-state index contributed by atoms with van der Waals surface area (Å²) in [6.45, 7) is 2.14. The highest BCUT2D eigenvalue weighted by Gasteiger charge is 2.43. The summed E-state index contributed by atoms with van der Waals surface area (Å²) in [7, 11) is 0. The molecule has 2 saturated heterocycles. The number of likely N-dealkylation sites (tertiary alicyclic amines) is 1. The van der Waals surface area contributed by atoms with E-state index >= 15 is 0 Å². The molecule has 6 nitrogen and oxygen atoms in total. The molecule has 2 fully saturated rings. The fourth-order valence-corrected chi connectivity index (χ4v) is 3.67. The van der Waals surface area contributed by atoms with Crippen molar-refractivity contribution in [3.8, 4) is 0 Å². The number of carbonyl (C=O) groups excluding carboxylic acids is 2. The maximum Gasteiger partial charge on any atom is 0.311 e. The molecule has 8 heteroatoms. The zero-order valence-electron chi connectivity index (χ0n) is 14.4. The van der Waals surface area contributed by atoms with Crippen LogP contribution in [0.5, 0.6) is 0 Å². The van der Waals surface area contributed by atoms with Gasteiger partial charge in [-0.15, -0.1) is 0 Å². The highest BCUT2D eigenvalue weighted by Crippen LogP contribution is 2.33. The van der Waals surface area contributed by atoms with Gasteiger partial charge in [0.25, 0.3) is 0 Å². The summed E-state index contributed by atoms with van der Waals surface area (Å²) in [6, 6.07) is 2.93. The molecule has 2 unspecified atom stereocenters. The minimum absolute atomic E-state index is 0.000501. The summed E-state index contributed by atoms with van der Waals surface area (Å²) >= 11 is 0. The Balaban J connectivity index is 1.74. The predicted octanol–water partition coefficient (Wildman–Crippen LogP) is 2.03. The molecule has 2 heterocycles. The molecule has 1 aromatic rings. The molecule has 1 N–H and O–H groups in total. The number of nitrogens with zero attached hydrogens (tertiary/aromatic N) is 2. The van der Waals surface area contributed by atoms with E-state index < -0.39 is 34.8 Å². The number of hydrogen-bond acceptors (Lipinski definition) is 3. The van der Waals surface area contributed by atoms with Gasteiger partial charge in [-0.25, -0.2) is 8.78 Å². The largest absolute Gasteiger partial charge is 0.481 e. The van der Waals surface area contributed by atoms with Crippen LogP contribution in [0, 0.1) is 23.0 Å². The van der Waals surface area contributed by atoms with E-state index in [1.54, 1.807) is 6.92 Å². The topological polar surface area (TPSA) is 77.9 Å². The van der Waals surface area contributed by atoms with E-state index in [0.29, 0.717) is 25.5 Å². The van der Waals surface area contributed by atoms with E-state index in [0.717, 1.165) is 11.0 Å². The zero-order valence-corrected chi connectivity index (χ0v) is 14.4. The highest BCUT2D eigenvalue weighted by atomic mass is 19.1. The third-order valence-corrected chi connectivity index (χ3v) is 5.20. The molecule has 2 amide bonds. The lowest BCUT2D eigenvalue weighted by molar-refractivity contribution is -0.154. The molecule has 140 valence electrons. The first kappa shape index (κ1) is 18.3. The van der Waals surface area contributed by atoms with Crippen molar-refractivity contribution in [1.29, 1.82) is 0 Å². The van der Waals surface area contributed by atoms with Crippen molar-refractivity contribution in [1.82, 2.24) is 4.90 Å². The SMILES string of the molecule is CC1(C(=O)O)CCCN(C(=O)C2CC(=O)N(c3ccc(F)cc3F)C2)C1. The molecule has 0 spiro atoms. The van der Waals surface area contributed by atoms with E-state index in [1.165, 1.54) is 11.0 Å². The van der Waals surface area contributed by atoms with Gasteiger partial charge in [-0.1, -0.05) is 0 Å². The third-order valence-electron chi connectivity index (χ3n) is 5.20. The molecule has 26 heavy (non-hydrogen) atoms. The van der Waals surface area contributed by atoms with Crippen LogP contribution in [0.3, 0.4) is 0 Å². The van der Waals surface area contributed by atoms with Crippen molar-refractivity contribution in [2.24, 2.45) is 11.3 Å². The van der Waals surface area contributed by atoms with E-state index in [9.17, 15) is 28.3 Å². The van der Waals surface area contributed by atoms with Gasteiger partial charge in [0.1, 0.15) is 11.6 Å². The number of hydrogen-bond donors (Lipinski definition) is 1. The first-order valence-electron chi connectivity index (χ1n) is 8.49. The quantitative estimate of drug-likeness (QED) is 0.888. The molecule has 0 bridgehead atoms. The van der Waals surface area contributed by atoms with Crippen LogP contribution in [0.2, 0.25) is 0 Å². The summed E-state index contributed by atoms with van der Waals surface area (Å²) in [5.41, 5.74) is -1.06. The molecule has 0 aliphatic carbocycles. The van der Waals surface area contributed by atoms with E-state index in [2.05, 4.69) is 0 Å². The lowest BCUT2D eigenvalue weighted by Crippen LogP contribution is -2.50. The Labute approximate surface area is 149 Å². The number of piperidine rings is 1. The number of halogens is 2. The number of aliphatic carboxylic acids is 1. The smallest absolute Gasteiger partial charge is 0.311 e. The predicted molar refractivity (Wildman–Crippen MR) is 88.4 cm³/mol. The average molecular weight is 366 g/mol. The van der Waals surface area contributed by atoms with Crippen LogP contribution in [-0.4, -0.2) is 47.4 Å². The van der Waals surface area contributed by atoms with Crippen LogP contribution in [0.15, 0.2) is 18.2 Å². The van der Waals surface area contributed by atoms with Gasteiger partial charge < -0.3 is 14.9 Å². The van der Waals surface area contributed by atoms with E-state index in [4.69, 9.17) is 0 Å². The van der Waals surface area contributed by atoms with Crippen molar-refractivity contribution < 1.29 is 28.3 Å². The van der Waals surface area contributed by atoms with E-state index in [1.807, 2.05) is 0 Å².